The van der Waals surface area contributed by atoms with Crippen LogP contribution in [0.15, 0.2) is 42.5 Å². The highest BCUT2D eigenvalue weighted by molar-refractivity contribution is 6.32. The Labute approximate surface area is 94.3 Å². The molecule has 0 aromatic heterocycles. The second kappa shape index (κ2) is 4.37. The van der Waals surface area contributed by atoms with Crippen LogP contribution in [0.2, 0.25) is 5.02 Å². The third-order valence-electron chi connectivity index (χ3n) is 2.17. The van der Waals surface area contributed by atoms with Crippen molar-refractivity contribution in [2.75, 3.05) is 7.11 Å². The van der Waals surface area contributed by atoms with Crippen LogP contribution in [-0.2, 0) is 0 Å². The van der Waals surface area contributed by atoms with Gasteiger partial charge in [0.2, 0.25) is 0 Å². The number of halogens is 1. The fourth-order valence-corrected chi connectivity index (χ4v) is 1.63. The van der Waals surface area contributed by atoms with Gasteiger partial charge in [-0.05, 0) is 29.3 Å². The molecule has 0 spiro atoms. The van der Waals surface area contributed by atoms with E-state index in [-0.39, 0.29) is 0 Å². The average Bonchev–Trinajstić information content (AvgIpc) is 2.30. The van der Waals surface area contributed by atoms with Crippen LogP contribution < -0.4 is 4.74 Å². The lowest BCUT2D eigenvalue weighted by atomic mass is 10.1. The van der Waals surface area contributed by atoms with Gasteiger partial charge in [0.15, 0.2) is 0 Å². The van der Waals surface area contributed by atoms with Crippen LogP contribution in [0, 0.1) is 6.07 Å². The predicted octanol–water partition coefficient (Wildman–Crippen LogP) is 3.82. The van der Waals surface area contributed by atoms with Crippen molar-refractivity contribution >= 4 is 11.6 Å². The van der Waals surface area contributed by atoms with Crippen LogP contribution in [0.4, 0.5) is 0 Å². The summed E-state index contributed by atoms with van der Waals surface area (Å²) in [6.45, 7) is 0. The van der Waals surface area contributed by atoms with Gasteiger partial charge < -0.3 is 4.74 Å². The van der Waals surface area contributed by atoms with Gasteiger partial charge in [0.05, 0.1) is 12.1 Å². The molecule has 0 atom stereocenters. The lowest BCUT2D eigenvalue weighted by Gasteiger charge is -2.05. The summed E-state index contributed by atoms with van der Waals surface area (Å²) in [5.41, 5.74) is 2.07. The van der Waals surface area contributed by atoms with Crippen LogP contribution in [0.25, 0.3) is 11.1 Å². The van der Waals surface area contributed by atoms with E-state index >= 15 is 0 Å². The Kier molecular flexibility index (Phi) is 2.93. The van der Waals surface area contributed by atoms with Gasteiger partial charge in [0.25, 0.3) is 0 Å². The van der Waals surface area contributed by atoms with Gasteiger partial charge >= 0.3 is 0 Å². The van der Waals surface area contributed by atoms with Crippen molar-refractivity contribution in [3.63, 3.8) is 0 Å². The summed E-state index contributed by atoms with van der Waals surface area (Å²) in [5, 5.41) is 0.607. The van der Waals surface area contributed by atoms with Gasteiger partial charge in [0.1, 0.15) is 5.75 Å². The van der Waals surface area contributed by atoms with E-state index in [4.69, 9.17) is 16.3 Å². The maximum atomic E-state index is 6.03. The third kappa shape index (κ3) is 2.13. The van der Waals surface area contributed by atoms with Gasteiger partial charge in [-0.3, -0.25) is 0 Å². The summed E-state index contributed by atoms with van der Waals surface area (Å²) in [4.78, 5) is 0. The molecule has 0 bridgehead atoms. The Morgan fingerprint density at radius 2 is 1.93 bits per heavy atom. The van der Waals surface area contributed by atoms with Crippen molar-refractivity contribution in [1.29, 1.82) is 0 Å². The molecule has 0 N–H and O–H groups in total. The minimum atomic E-state index is 0.607. The van der Waals surface area contributed by atoms with Gasteiger partial charge in [-0.15, -0.1) is 0 Å². The smallest absolute Gasteiger partial charge is 0.138 e. The molecule has 0 aliphatic carbocycles. The maximum absolute atomic E-state index is 6.03. The van der Waals surface area contributed by atoms with Crippen LogP contribution in [-0.4, -0.2) is 7.11 Å². The third-order valence-corrected chi connectivity index (χ3v) is 2.47. The van der Waals surface area contributed by atoms with E-state index in [2.05, 4.69) is 6.07 Å². The molecule has 2 aromatic rings. The lowest BCUT2D eigenvalue weighted by molar-refractivity contribution is 0.415. The molecule has 0 fully saturated rings. The Hall–Kier alpha value is -1.47. The van der Waals surface area contributed by atoms with Crippen LogP contribution in [0.5, 0.6) is 5.75 Å². The van der Waals surface area contributed by atoms with Crippen LogP contribution in [0.1, 0.15) is 0 Å². The Bertz CT molecular complexity index is 451. The topological polar surface area (TPSA) is 9.23 Å². The van der Waals surface area contributed by atoms with Crippen LogP contribution >= 0.6 is 11.6 Å². The molecule has 15 heavy (non-hydrogen) atoms. The Balaban J connectivity index is 2.43. The number of hydrogen-bond acceptors (Lipinski definition) is 1. The molecule has 0 saturated carbocycles. The first-order valence-electron chi connectivity index (χ1n) is 4.62. The molecule has 2 heteroatoms. The summed E-state index contributed by atoms with van der Waals surface area (Å²) in [5.74, 6) is 0.649. The van der Waals surface area contributed by atoms with Crippen molar-refractivity contribution in [2.45, 2.75) is 0 Å². The van der Waals surface area contributed by atoms with Gasteiger partial charge in [0, 0.05) is 0 Å². The molecule has 0 amide bonds. The number of benzene rings is 2. The normalized spacial score (nSPS) is 10.0. The molecule has 75 valence electrons. The lowest BCUT2D eigenvalue weighted by Crippen LogP contribution is -1.85. The maximum Gasteiger partial charge on any atom is 0.138 e. The quantitative estimate of drug-likeness (QED) is 0.743. The summed E-state index contributed by atoms with van der Waals surface area (Å²) in [6, 6.07) is 16.7. The summed E-state index contributed by atoms with van der Waals surface area (Å²) in [6.07, 6.45) is 0. The molecule has 0 unspecified atom stereocenters. The molecule has 1 radical (unpaired) electrons. The van der Waals surface area contributed by atoms with E-state index in [0.717, 1.165) is 11.1 Å². The van der Waals surface area contributed by atoms with Gasteiger partial charge in [-0.25, -0.2) is 0 Å². The molecule has 0 aliphatic rings. The van der Waals surface area contributed by atoms with Crippen molar-refractivity contribution in [1.82, 2.24) is 0 Å². The van der Waals surface area contributed by atoms with E-state index in [1.807, 2.05) is 36.4 Å². The monoisotopic (exact) mass is 217 g/mol. The standard InChI is InChI=1S/C13H10ClO/c1-15-13-8-7-11(9-12(13)14)10-5-3-2-4-6-10/h2-6,8-9H,1H3. The summed E-state index contributed by atoms with van der Waals surface area (Å²) >= 11 is 6.03. The number of ether oxygens (including phenoxy) is 1. The molecule has 2 rings (SSSR count). The molecule has 0 heterocycles. The predicted molar refractivity (Wildman–Crippen MR) is 62.3 cm³/mol. The van der Waals surface area contributed by atoms with Crippen molar-refractivity contribution in [3.05, 3.63) is 53.6 Å². The highest BCUT2D eigenvalue weighted by Crippen LogP contribution is 2.29. The largest absolute Gasteiger partial charge is 0.495 e. The first-order valence-corrected chi connectivity index (χ1v) is 4.99. The second-order valence-corrected chi connectivity index (χ2v) is 3.54. The Morgan fingerprint density at radius 3 is 2.53 bits per heavy atom. The van der Waals surface area contributed by atoms with Crippen molar-refractivity contribution in [3.8, 4) is 16.9 Å². The molecule has 0 aliphatic heterocycles. The van der Waals surface area contributed by atoms with Gasteiger partial charge in [-0.1, -0.05) is 41.9 Å². The minimum absolute atomic E-state index is 0.607. The minimum Gasteiger partial charge on any atom is -0.495 e. The van der Waals surface area contributed by atoms with E-state index in [0.29, 0.717) is 10.8 Å². The molecule has 2 aromatic carbocycles. The zero-order valence-electron chi connectivity index (χ0n) is 8.33. The SMILES string of the molecule is COc1c[c]c(-c2ccccc2)cc1Cl. The van der Waals surface area contributed by atoms with Gasteiger partial charge in [-0.2, -0.15) is 0 Å². The highest BCUT2D eigenvalue weighted by Gasteiger charge is 2.03. The molecule has 1 nitrogen and oxygen atoms in total. The first-order chi connectivity index (χ1) is 7.31. The van der Waals surface area contributed by atoms with Crippen LogP contribution in [0.3, 0.4) is 0 Å². The van der Waals surface area contributed by atoms with E-state index in [9.17, 15) is 0 Å². The van der Waals surface area contributed by atoms with E-state index in [1.54, 1.807) is 13.2 Å². The zero-order valence-corrected chi connectivity index (χ0v) is 9.08. The number of methoxy groups -OCH3 is 1. The first kappa shape index (κ1) is 10.1. The van der Waals surface area contributed by atoms with E-state index < -0.39 is 0 Å². The number of rotatable bonds is 2. The second-order valence-electron chi connectivity index (χ2n) is 3.13. The summed E-state index contributed by atoms with van der Waals surface area (Å²) < 4.78 is 5.07. The summed E-state index contributed by atoms with van der Waals surface area (Å²) in [7, 11) is 1.59. The number of hydrogen-bond donors (Lipinski definition) is 0. The fraction of sp³-hybridized carbons (Fsp3) is 0.0769. The molecular weight excluding hydrogens is 208 g/mol. The van der Waals surface area contributed by atoms with Crippen molar-refractivity contribution in [2.24, 2.45) is 0 Å². The van der Waals surface area contributed by atoms with Crippen molar-refractivity contribution < 1.29 is 4.74 Å². The molecule has 0 saturated heterocycles. The van der Waals surface area contributed by atoms with E-state index in [1.165, 1.54) is 0 Å². The zero-order chi connectivity index (χ0) is 10.7. The fourth-order valence-electron chi connectivity index (χ4n) is 1.39. The Morgan fingerprint density at radius 1 is 1.20 bits per heavy atom. The highest BCUT2D eigenvalue weighted by atomic mass is 35.5. The average molecular weight is 218 g/mol. The molecular formula is C13H10ClO.